The fraction of sp³-hybridized carbons (Fsp3) is 0.222. The van der Waals surface area contributed by atoms with Gasteiger partial charge in [-0.15, -0.1) is 0 Å². The molecule has 0 saturated heterocycles. The highest BCUT2D eigenvalue weighted by atomic mass is 32.2. The summed E-state index contributed by atoms with van der Waals surface area (Å²) in [4.78, 5) is 0. The Hall–Kier alpha value is -1.91. The van der Waals surface area contributed by atoms with E-state index in [0.717, 1.165) is 30.4 Å². The molecule has 1 aliphatic rings. The fourth-order valence-corrected chi connectivity index (χ4v) is 3.90. The third kappa shape index (κ3) is 3.64. The first-order valence-electron chi connectivity index (χ1n) is 7.47. The van der Waals surface area contributed by atoms with Gasteiger partial charge >= 0.3 is 0 Å². The number of benzene rings is 2. The van der Waals surface area contributed by atoms with E-state index in [4.69, 9.17) is 0 Å². The van der Waals surface area contributed by atoms with Crippen molar-refractivity contribution in [2.75, 3.05) is 0 Å². The Balaban J connectivity index is 1.77. The number of rotatable bonds is 4. The fourth-order valence-electron chi connectivity index (χ4n) is 2.85. The Morgan fingerprint density at radius 3 is 2.55 bits per heavy atom. The molecule has 0 fully saturated rings. The first-order valence-corrected chi connectivity index (χ1v) is 9.02. The van der Waals surface area contributed by atoms with Crippen LogP contribution in [0.15, 0.2) is 60.0 Å². The lowest BCUT2D eigenvalue weighted by Crippen LogP contribution is -2.29. The standard InChI is InChI=1S/C18H19NO2S/c20-22(21,14-13-15-7-2-1-3-8-15)19-18-12-6-10-16-9-4-5-11-17(16)18/h1-5,7-9,11,13-14,18-19H,6,10,12H2/b14-13+. The van der Waals surface area contributed by atoms with Gasteiger partial charge in [0.1, 0.15) is 0 Å². The van der Waals surface area contributed by atoms with Crippen LogP contribution < -0.4 is 4.72 Å². The van der Waals surface area contributed by atoms with Crippen molar-refractivity contribution >= 4 is 16.1 Å². The van der Waals surface area contributed by atoms with Gasteiger partial charge in [0.25, 0.3) is 0 Å². The van der Waals surface area contributed by atoms with Gasteiger partial charge in [-0.3, -0.25) is 0 Å². The quantitative estimate of drug-likeness (QED) is 0.936. The van der Waals surface area contributed by atoms with Crippen LogP contribution in [0.5, 0.6) is 0 Å². The average Bonchev–Trinajstić information content (AvgIpc) is 2.54. The summed E-state index contributed by atoms with van der Waals surface area (Å²) in [5.74, 6) is 0. The van der Waals surface area contributed by atoms with Crippen LogP contribution in [0.2, 0.25) is 0 Å². The molecular formula is C18H19NO2S. The maximum atomic E-state index is 12.3. The zero-order valence-corrected chi connectivity index (χ0v) is 13.1. The summed E-state index contributed by atoms with van der Waals surface area (Å²) in [6.07, 6.45) is 4.49. The summed E-state index contributed by atoms with van der Waals surface area (Å²) in [6, 6.07) is 17.4. The van der Waals surface area contributed by atoms with Crippen molar-refractivity contribution < 1.29 is 8.42 Å². The lowest BCUT2D eigenvalue weighted by atomic mass is 9.88. The van der Waals surface area contributed by atoms with Crippen molar-refractivity contribution in [1.82, 2.24) is 4.72 Å². The summed E-state index contributed by atoms with van der Waals surface area (Å²) in [5.41, 5.74) is 3.22. The topological polar surface area (TPSA) is 46.2 Å². The Morgan fingerprint density at radius 1 is 1.00 bits per heavy atom. The Kier molecular flexibility index (Phi) is 4.41. The molecule has 2 aromatic rings. The first-order chi connectivity index (χ1) is 10.6. The van der Waals surface area contributed by atoms with Crippen LogP contribution in [0.1, 0.15) is 35.6 Å². The van der Waals surface area contributed by atoms with Crippen molar-refractivity contribution in [3.8, 4) is 0 Å². The maximum Gasteiger partial charge on any atom is 0.234 e. The lowest BCUT2D eigenvalue weighted by molar-refractivity contribution is 0.512. The number of sulfonamides is 1. The van der Waals surface area contributed by atoms with Gasteiger partial charge in [0, 0.05) is 11.4 Å². The van der Waals surface area contributed by atoms with E-state index in [1.165, 1.54) is 11.0 Å². The van der Waals surface area contributed by atoms with Crippen LogP contribution in [0.3, 0.4) is 0 Å². The normalized spacial score (nSPS) is 18.3. The summed E-state index contributed by atoms with van der Waals surface area (Å²) >= 11 is 0. The summed E-state index contributed by atoms with van der Waals surface area (Å²) in [7, 11) is -3.45. The van der Waals surface area contributed by atoms with Crippen molar-refractivity contribution in [1.29, 1.82) is 0 Å². The summed E-state index contributed by atoms with van der Waals surface area (Å²) < 4.78 is 27.4. The molecule has 1 N–H and O–H groups in total. The molecule has 2 aromatic carbocycles. The summed E-state index contributed by atoms with van der Waals surface area (Å²) in [6.45, 7) is 0. The minimum atomic E-state index is -3.45. The zero-order valence-electron chi connectivity index (χ0n) is 12.3. The second kappa shape index (κ2) is 6.46. The van der Waals surface area contributed by atoms with Crippen LogP contribution in [0.25, 0.3) is 6.08 Å². The van der Waals surface area contributed by atoms with Gasteiger partial charge < -0.3 is 0 Å². The van der Waals surface area contributed by atoms with Gasteiger partial charge in [-0.05, 0) is 42.0 Å². The predicted octanol–water partition coefficient (Wildman–Crippen LogP) is 3.65. The Morgan fingerprint density at radius 2 is 1.73 bits per heavy atom. The molecule has 0 spiro atoms. The minimum absolute atomic E-state index is 0.129. The molecule has 3 rings (SSSR count). The molecule has 3 nitrogen and oxygen atoms in total. The first kappa shape index (κ1) is 15.0. The predicted molar refractivity (Wildman–Crippen MR) is 89.7 cm³/mol. The van der Waals surface area contributed by atoms with Gasteiger partial charge in [0.15, 0.2) is 0 Å². The Bertz CT molecular complexity index is 767. The number of fused-ring (bicyclic) bond motifs is 1. The molecule has 0 bridgehead atoms. The van der Waals surface area contributed by atoms with Crippen LogP contribution in [0, 0.1) is 0 Å². The molecule has 4 heteroatoms. The molecule has 1 unspecified atom stereocenters. The average molecular weight is 313 g/mol. The number of hydrogen-bond donors (Lipinski definition) is 1. The molecule has 1 atom stereocenters. The van der Waals surface area contributed by atoms with E-state index in [0.29, 0.717) is 0 Å². The second-order valence-corrected chi connectivity index (χ2v) is 7.12. The largest absolute Gasteiger partial charge is 0.234 e. The van der Waals surface area contributed by atoms with Crippen molar-refractivity contribution in [2.45, 2.75) is 25.3 Å². The van der Waals surface area contributed by atoms with E-state index in [1.807, 2.05) is 48.5 Å². The Labute approximate surface area is 131 Å². The minimum Gasteiger partial charge on any atom is -0.208 e. The highest BCUT2D eigenvalue weighted by molar-refractivity contribution is 7.92. The SMILES string of the molecule is O=S(=O)(/C=C/c1ccccc1)NC1CCCc2ccccc21. The molecule has 0 aromatic heterocycles. The summed E-state index contributed by atoms with van der Waals surface area (Å²) in [5, 5.41) is 1.25. The smallest absolute Gasteiger partial charge is 0.208 e. The highest BCUT2D eigenvalue weighted by Crippen LogP contribution is 2.30. The highest BCUT2D eigenvalue weighted by Gasteiger charge is 2.23. The number of hydrogen-bond acceptors (Lipinski definition) is 2. The molecule has 0 radical (unpaired) electrons. The molecule has 0 amide bonds. The third-order valence-electron chi connectivity index (χ3n) is 3.92. The van der Waals surface area contributed by atoms with Crippen LogP contribution >= 0.6 is 0 Å². The van der Waals surface area contributed by atoms with Crippen LogP contribution in [0.4, 0.5) is 0 Å². The van der Waals surface area contributed by atoms with E-state index >= 15 is 0 Å². The molecule has 1 aliphatic carbocycles. The molecule has 0 aliphatic heterocycles. The number of nitrogens with one attached hydrogen (secondary N) is 1. The molecule has 0 heterocycles. The van der Waals surface area contributed by atoms with Crippen molar-refractivity contribution in [2.24, 2.45) is 0 Å². The van der Waals surface area contributed by atoms with E-state index in [1.54, 1.807) is 6.08 Å². The van der Waals surface area contributed by atoms with Crippen LogP contribution in [-0.4, -0.2) is 8.42 Å². The molecule has 114 valence electrons. The van der Waals surface area contributed by atoms with Gasteiger partial charge in [-0.1, -0.05) is 54.6 Å². The second-order valence-electron chi connectivity index (χ2n) is 5.52. The zero-order chi connectivity index (χ0) is 15.4. The molecule has 0 saturated carbocycles. The molecular weight excluding hydrogens is 294 g/mol. The van der Waals surface area contributed by atoms with E-state index in [-0.39, 0.29) is 6.04 Å². The third-order valence-corrected chi connectivity index (χ3v) is 5.02. The van der Waals surface area contributed by atoms with Gasteiger partial charge in [0.05, 0.1) is 0 Å². The molecule has 22 heavy (non-hydrogen) atoms. The van der Waals surface area contributed by atoms with Gasteiger partial charge in [-0.25, -0.2) is 13.1 Å². The monoisotopic (exact) mass is 313 g/mol. The van der Waals surface area contributed by atoms with Gasteiger partial charge in [-0.2, -0.15) is 0 Å². The maximum absolute atomic E-state index is 12.3. The lowest BCUT2D eigenvalue weighted by Gasteiger charge is -2.25. The van der Waals surface area contributed by atoms with Crippen LogP contribution in [-0.2, 0) is 16.4 Å². The van der Waals surface area contributed by atoms with Gasteiger partial charge in [0.2, 0.25) is 10.0 Å². The van der Waals surface area contributed by atoms with Crippen molar-refractivity contribution in [3.63, 3.8) is 0 Å². The van der Waals surface area contributed by atoms with E-state index < -0.39 is 10.0 Å². The number of aryl methyl sites for hydroxylation is 1. The van der Waals surface area contributed by atoms with E-state index in [2.05, 4.69) is 10.8 Å². The van der Waals surface area contributed by atoms with Crippen molar-refractivity contribution in [3.05, 3.63) is 76.7 Å². The van der Waals surface area contributed by atoms with E-state index in [9.17, 15) is 8.42 Å².